The Hall–Kier alpha value is -2.58. The first-order chi connectivity index (χ1) is 13.7. The van der Waals surface area contributed by atoms with Gasteiger partial charge in [-0.25, -0.2) is 0 Å². The molecule has 148 valence electrons. The fourth-order valence-electron chi connectivity index (χ4n) is 3.55. The van der Waals surface area contributed by atoms with Crippen LogP contribution in [0.2, 0.25) is 0 Å². The van der Waals surface area contributed by atoms with Gasteiger partial charge in [-0.05, 0) is 37.4 Å². The zero-order chi connectivity index (χ0) is 20.5. The lowest BCUT2D eigenvalue weighted by atomic mass is 10.1. The standard InChI is InChI=1S/C22H22N2.2C2H6/c1-23(2)15-17-8-7-9-18(14-17)16-24-21-12-5-3-10-19(21)20-11-4-6-13-22(20)24;2*1-2/h3-14H,15-16H2,1-2H3;2*1-2H3. The highest BCUT2D eigenvalue weighted by Crippen LogP contribution is 2.29. The van der Waals surface area contributed by atoms with Gasteiger partial charge in [0.2, 0.25) is 0 Å². The number of benzene rings is 3. The van der Waals surface area contributed by atoms with E-state index in [-0.39, 0.29) is 0 Å². The summed E-state index contributed by atoms with van der Waals surface area (Å²) in [4.78, 5) is 2.21. The first-order valence-corrected chi connectivity index (χ1v) is 10.4. The predicted molar refractivity (Wildman–Crippen MR) is 125 cm³/mol. The van der Waals surface area contributed by atoms with Gasteiger partial charge in [-0.2, -0.15) is 0 Å². The largest absolute Gasteiger partial charge is 0.336 e. The molecule has 0 aliphatic heterocycles. The molecule has 0 atom stereocenters. The van der Waals surface area contributed by atoms with Crippen LogP contribution in [0.5, 0.6) is 0 Å². The van der Waals surface area contributed by atoms with E-state index in [9.17, 15) is 0 Å². The van der Waals surface area contributed by atoms with Gasteiger partial charge in [0.1, 0.15) is 0 Å². The van der Waals surface area contributed by atoms with E-state index in [1.807, 2.05) is 27.7 Å². The van der Waals surface area contributed by atoms with Crippen molar-refractivity contribution < 1.29 is 0 Å². The van der Waals surface area contributed by atoms with E-state index in [0.717, 1.165) is 13.1 Å². The van der Waals surface area contributed by atoms with E-state index in [2.05, 4.69) is 96.4 Å². The van der Waals surface area contributed by atoms with Gasteiger partial charge in [-0.15, -0.1) is 0 Å². The second-order valence-corrected chi connectivity index (χ2v) is 6.68. The Morgan fingerprint density at radius 2 is 1.14 bits per heavy atom. The molecule has 28 heavy (non-hydrogen) atoms. The normalized spacial score (nSPS) is 10.4. The van der Waals surface area contributed by atoms with E-state index >= 15 is 0 Å². The van der Waals surface area contributed by atoms with Crippen LogP contribution in [0.4, 0.5) is 0 Å². The average Bonchev–Trinajstić information content (AvgIpc) is 3.05. The molecule has 0 spiro atoms. The lowest BCUT2D eigenvalue weighted by molar-refractivity contribution is 0.402. The molecule has 2 nitrogen and oxygen atoms in total. The van der Waals surface area contributed by atoms with Crippen molar-refractivity contribution in [2.45, 2.75) is 40.8 Å². The van der Waals surface area contributed by atoms with Gasteiger partial charge in [0.15, 0.2) is 0 Å². The van der Waals surface area contributed by atoms with Crippen molar-refractivity contribution >= 4 is 21.8 Å². The molecule has 0 unspecified atom stereocenters. The Balaban J connectivity index is 0.000000660. The molecule has 0 radical (unpaired) electrons. The minimum absolute atomic E-state index is 0.898. The number of para-hydroxylation sites is 2. The zero-order valence-corrected chi connectivity index (χ0v) is 18.2. The smallest absolute Gasteiger partial charge is 0.0494 e. The number of hydrogen-bond acceptors (Lipinski definition) is 1. The summed E-state index contributed by atoms with van der Waals surface area (Å²) in [5.41, 5.74) is 5.31. The maximum atomic E-state index is 2.43. The minimum Gasteiger partial charge on any atom is -0.336 e. The number of hydrogen-bond donors (Lipinski definition) is 0. The van der Waals surface area contributed by atoms with Gasteiger partial charge in [-0.1, -0.05) is 88.4 Å². The fourth-order valence-corrected chi connectivity index (χ4v) is 3.55. The molecule has 2 heteroatoms. The van der Waals surface area contributed by atoms with Crippen LogP contribution in [-0.2, 0) is 13.1 Å². The van der Waals surface area contributed by atoms with Crippen molar-refractivity contribution in [3.8, 4) is 0 Å². The minimum atomic E-state index is 0.898. The first-order valence-electron chi connectivity index (χ1n) is 10.4. The van der Waals surface area contributed by atoms with Gasteiger partial charge >= 0.3 is 0 Å². The second kappa shape index (κ2) is 10.7. The number of nitrogens with zero attached hydrogens (tertiary/aromatic N) is 2. The van der Waals surface area contributed by atoms with Gasteiger partial charge in [0.05, 0.1) is 0 Å². The highest BCUT2D eigenvalue weighted by atomic mass is 15.0. The lowest BCUT2D eigenvalue weighted by Crippen LogP contribution is -2.11. The molecule has 0 saturated heterocycles. The molecule has 1 heterocycles. The Kier molecular flexibility index (Phi) is 8.28. The van der Waals surface area contributed by atoms with Crippen LogP contribution in [0, 0.1) is 0 Å². The Bertz CT molecular complexity index is 942. The molecule has 0 aliphatic rings. The Morgan fingerprint density at radius 3 is 1.68 bits per heavy atom. The Morgan fingerprint density at radius 1 is 0.643 bits per heavy atom. The van der Waals surface area contributed by atoms with Crippen LogP contribution in [-0.4, -0.2) is 23.6 Å². The predicted octanol–water partition coefficient (Wildman–Crippen LogP) is 6.96. The third kappa shape index (κ3) is 4.82. The van der Waals surface area contributed by atoms with E-state index in [0.29, 0.717) is 0 Å². The van der Waals surface area contributed by atoms with Crippen LogP contribution in [0.15, 0.2) is 72.8 Å². The molecule has 0 amide bonds. The van der Waals surface area contributed by atoms with E-state index in [1.165, 1.54) is 32.9 Å². The van der Waals surface area contributed by atoms with Crippen LogP contribution < -0.4 is 0 Å². The molecular weight excluding hydrogens is 340 g/mol. The molecule has 0 bridgehead atoms. The van der Waals surface area contributed by atoms with Crippen LogP contribution in [0.3, 0.4) is 0 Å². The van der Waals surface area contributed by atoms with Crippen molar-refractivity contribution in [2.24, 2.45) is 0 Å². The van der Waals surface area contributed by atoms with Crippen LogP contribution in [0.25, 0.3) is 21.8 Å². The average molecular weight is 375 g/mol. The van der Waals surface area contributed by atoms with Gasteiger partial charge < -0.3 is 9.47 Å². The summed E-state index contributed by atoms with van der Waals surface area (Å²) >= 11 is 0. The lowest BCUT2D eigenvalue weighted by Gasteiger charge is -2.12. The fraction of sp³-hybridized carbons (Fsp3) is 0.308. The van der Waals surface area contributed by atoms with Crippen molar-refractivity contribution in [3.05, 3.63) is 83.9 Å². The maximum Gasteiger partial charge on any atom is 0.0494 e. The molecule has 4 rings (SSSR count). The summed E-state index contributed by atoms with van der Waals surface area (Å²) in [5, 5.41) is 2.66. The summed E-state index contributed by atoms with van der Waals surface area (Å²) in [6.45, 7) is 9.87. The van der Waals surface area contributed by atoms with Gasteiger partial charge in [-0.3, -0.25) is 0 Å². The third-order valence-corrected chi connectivity index (χ3v) is 4.51. The summed E-state index contributed by atoms with van der Waals surface area (Å²) < 4.78 is 2.43. The number of aromatic nitrogens is 1. The Labute approximate surface area is 170 Å². The third-order valence-electron chi connectivity index (χ3n) is 4.51. The highest BCUT2D eigenvalue weighted by molar-refractivity contribution is 6.08. The van der Waals surface area contributed by atoms with E-state index in [1.54, 1.807) is 0 Å². The van der Waals surface area contributed by atoms with Crippen molar-refractivity contribution in [1.82, 2.24) is 9.47 Å². The molecule has 0 fully saturated rings. The topological polar surface area (TPSA) is 8.17 Å². The molecule has 0 N–H and O–H groups in total. The molecule has 4 aromatic rings. The summed E-state index contributed by atoms with van der Waals surface area (Å²) in [5.74, 6) is 0. The quantitative estimate of drug-likeness (QED) is 0.375. The first kappa shape index (κ1) is 21.7. The SMILES string of the molecule is CC.CC.CN(C)Cc1cccc(Cn2c3ccccc3c3ccccc32)c1. The van der Waals surface area contributed by atoms with Crippen LogP contribution >= 0.6 is 0 Å². The summed E-state index contributed by atoms with van der Waals surface area (Å²) in [6.07, 6.45) is 0. The number of fused-ring (bicyclic) bond motifs is 3. The zero-order valence-electron chi connectivity index (χ0n) is 18.2. The summed E-state index contributed by atoms with van der Waals surface area (Å²) in [6, 6.07) is 26.3. The second-order valence-electron chi connectivity index (χ2n) is 6.68. The van der Waals surface area contributed by atoms with Gasteiger partial charge in [0.25, 0.3) is 0 Å². The molecule has 0 aliphatic carbocycles. The van der Waals surface area contributed by atoms with Gasteiger partial charge in [0, 0.05) is 34.9 Å². The van der Waals surface area contributed by atoms with Crippen molar-refractivity contribution in [2.75, 3.05) is 14.1 Å². The maximum absolute atomic E-state index is 2.43. The summed E-state index contributed by atoms with van der Waals surface area (Å²) in [7, 11) is 4.22. The van der Waals surface area contributed by atoms with E-state index < -0.39 is 0 Å². The van der Waals surface area contributed by atoms with Crippen molar-refractivity contribution in [3.63, 3.8) is 0 Å². The molecule has 0 saturated carbocycles. The molecule has 1 aromatic heterocycles. The highest BCUT2D eigenvalue weighted by Gasteiger charge is 2.10. The number of rotatable bonds is 4. The molecular formula is C26H34N2. The van der Waals surface area contributed by atoms with Crippen molar-refractivity contribution in [1.29, 1.82) is 0 Å². The molecule has 3 aromatic carbocycles. The van der Waals surface area contributed by atoms with Crippen LogP contribution in [0.1, 0.15) is 38.8 Å². The van der Waals surface area contributed by atoms with E-state index in [4.69, 9.17) is 0 Å². The monoisotopic (exact) mass is 374 g/mol.